The minimum absolute atomic E-state index is 0.0847. The van der Waals surface area contributed by atoms with Gasteiger partial charge in [-0.1, -0.05) is 0 Å². The molecule has 0 aliphatic carbocycles. The fourth-order valence-corrected chi connectivity index (χ4v) is 3.26. The molecular formula is C15H22N4O3. The summed E-state index contributed by atoms with van der Waals surface area (Å²) in [4.78, 5) is 25.4. The third-order valence-electron chi connectivity index (χ3n) is 4.49. The van der Waals surface area contributed by atoms with E-state index >= 15 is 0 Å². The van der Waals surface area contributed by atoms with Crippen LogP contribution in [0.4, 0.5) is 0 Å². The Morgan fingerprint density at radius 3 is 2.95 bits per heavy atom. The van der Waals surface area contributed by atoms with Gasteiger partial charge in [0.25, 0.3) is 5.91 Å². The van der Waals surface area contributed by atoms with Crippen LogP contribution in [-0.4, -0.2) is 52.7 Å². The highest BCUT2D eigenvalue weighted by Crippen LogP contribution is 2.27. The predicted molar refractivity (Wildman–Crippen MR) is 79.3 cm³/mol. The van der Waals surface area contributed by atoms with E-state index in [0.717, 1.165) is 44.5 Å². The Balaban J connectivity index is 1.60. The topological polar surface area (TPSA) is 101 Å². The first kappa shape index (κ1) is 15.0. The third-order valence-corrected chi connectivity index (χ3v) is 4.49. The Kier molecular flexibility index (Phi) is 4.42. The van der Waals surface area contributed by atoms with Crippen LogP contribution in [0, 0.1) is 0 Å². The molecule has 7 heteroatoms. The van der Waals surface area contributed by atoms with Gasteiger partial charge in [0, 0.05) is 31.3 Å². The van der Waals surface area contributed by atoms with Crippen LogP contribution in [0.15, 0.2) is 6.07 Å². The molecule has 3 N–H and O–H groups in total. The summed E-state index contributed by atoms with van der Waals surface area (Å²) in [7, 11) is 0. The molecule has 22 heavy (non-hydrogen) atoms. The first-order chi connectivity index (χ1) is 10.6. The first-order valence-electron chi connectivity index (χ1n) is 7.88. The Labute approximate surface area is 129 Å². The van der Waals surface area contributed by atoms with Gasteiger partial charge in [0.2, 0.25) is 5.91 Å². The van der Waals surface area contributed by atoms with Gasteiger partial charge in [-0.3, -0.25) is 14.7 Å². The second-order valence-corrected chi connectivity index (χ2v) is 6.09. The number of hydrogen-bond acceptors (Lipinski definition) is 4. The average Bonchev–Trinajstić information content (AvgIpc) is 3.18. The lowest BCUT2D eigenvalue weighted by molar-refractivity contribution is -0.134. The zero-order valence-electron chi connectivity index (χ0n) is 12.6. The van der Waals surface area contributed by atoms with Gasteiger partial charge in [0.15, 0.2) is 0 Å². The number of carbonyl (C=O) groups excluding carboxylic acids is 2. The van der Waals surface area contributed by atoms with Crippen LogP contribution in [0.1, 0.15) is 54.2 Å². The normalized spacial score (nSPS) is 25.4. The lowest BCUT2D eigenvalue weighted by atomic mass is 9.94. The van der Waals surface area contributed by atoms with Crippen molar-refractivity contribution in [2.75, 3.05) is 19.7 Å². The number of aromatic amines is 1. The number of nitrogens with zero attached hydrogens (tertiary/aromatic N) is 2. The van der Waals surface area contributed by atoms with Gasteiger partial charge in [0.05, 0.1) is 12.5 Å². The highest BCUT2D eigenvalue weighted by Gasteiger charge is 2.28. The van der Waals surface area contributed by atoms with Gasteiger partial charge in [-0.05, 0) is 31.7 Å². The average molecular weight is 306 g/mol. The molecule has 3 heterocycles. The van der Waals surface area contributed by atoms with E-state index in [9.17, 15) is 9.59 Å². The number of primary amides is 1. The summed E-state index contributed by atoms with van der Waals surface area (Å²) >= 11 is 0. The van der Waals surface area contributed by atoms with Crippen molar-refractivity contribution in [1.82, 2.24) is 15.1 Å². The molecule has 1 aromatic rings. The largest absolute Gasteiger partial charge is 0.378 e. The maximum atomic E-state index is 12.4. The van der Waals surface area contributed by atoms with Gasteiger partial charge >= 0.3 is 0 Å². The smallest absolute Gasteiger partial charge is 0.269 e. The van der Waals surface area contributed by atoms with E-state index in [0.29, 0.717) is 13.0 Å². The van der Waals surface area contributed by atoms with Crippen LogP contribution >= 0.6 is 0 Å². The summed E-state index contributed by atoms with van der Waals surface area (Å²) < 4.78 is 5.54. The second-order valence-electron chi connectivity index (χ2n) is 6.09. The van der Waals surface area contributed by atoms with Gasteiger partial charge < -0.3 is 15.4 Å². The van der Waals surface area contributed by atoms with E-state index in [4.69, 9.17) is 10.5 Å². The van der Waals surface area contributed by atoms with Crippen LogP contribution in [0.25, 0.3) is 0 Å². The number of aromatic nitrogens is 2. The molecule has 2 atom stereocenters. The number of likely N-dealkylation sites (tertiary alicyclic amines) is 1. The lowest BCUT2D eigenvalue weighted by Gasteiger charge is -2.32. The van der Waals surface area contributed by atoms with Crippen LogP contribution in [-0.2, 0) is 9.53 Å². The van der Waals surface area contributed by atoms with Gasteiger partial charge in [-0.2, -0.15) is 5.10 Å². The monoisotopic (exact) mass is 306 g/mol. The highest BCUT2D eigenvalue weighted by molar-refractivity contribution is 5.90. The number of nitrogens with one attached hydrogen (secondary N) is 1. The Morgan fingerprint density at radius 1 is 1.41 bits per heavy atom. The molecule has 7 nitrogen and oxygen atoms in total. The number of H-pyrrole nitrogens is 1. The van der Waals surface area contributed by atoms with Crippen molar-refractivity contribution in [2.24, 2.45) is 5.73 Å². The highest BCUT2D eigenvalue weighted by atomic mass is 16.5. The first-order valence-corrected chi connectivity index (χ1v) is 7.88. The van der Waals surface area contributed by atoms with Crippen LogP contribution in [0.5, 0.6) is 0 Å². The molecule has 0 saturated carbocycles. The number of ether oxygens (including phenoxy) is 1. The summed E-state index contributed by atoms with van der Waals surface area (Å²) in [5.41, 5.74) is 6.35. The van der Waals surface area contributed by atoms with Gasteiger partial charge in [0.1, 0.15) is 5.69 Å². The summed E-state index contributed by atoms with van der Waals surface area (Å²) in [5, 5.41) is 6.80. The molecule has 2 fully saturated rings. The van der Waals surface area contributed by atoms with Crippen molar-refractivity contribution >= 4 is 11.8 Å². The van der Waals surface area contributed by atoms with Gasteiger partial charge in [-0.15, -0.1) is 0 Å². The zero-order chi connectivity index (χ0) is 15.5. The van der Waals surface area contributed by atoms with Crippen molar-refractivity contribution in [3.63, 3.8) is 0 Å². The van der Waals surface area contributed by atoms with E-state index in [1.54, 1.807) is 6.07 Å². The maximum absolute atomic E-state index is 12.4. The van der Waals surface area contributed by atoms with E-state index in [1.165, 1.54) is 0 Å². The SMILES string of the molecule is NC(=O)c1cc([C@H]2CCCN(C(=O)C[C@@H]3CCCO3)C2)[nH]n1. The molecule has 0 aromatic carbocycles. The molecule has 2 aliphatic heterocycles. The number of rotatable bonds is 4. The molecule has 3 rings (SSSR count). The van der Waals surface area contributed by atoms with E-state index in [-0.39, 0.29) is 23.6 Å². The van der Waals surface area contributed by atoms with Crippen molar-refractivity contribution in [2.45, 2.75) is 44.1 Å². The molecule has 0 unspecified atom stereocenters. The third kappa shape index (κ3) is 3.30. The molecule has 1 aromatic heterocycles. The maximum Gasteiger partial charge on any atom is 0.269 e. The zero-order valence-corrected chi connectivity index (χ0v) is 12.6. The summed E-state index contributed by atoms with van der Waals surface area (Å²) in [5.74, 6) is -0.196. The Hall–Kier alpha value is -1.89. The van der Waals surface area contributed by atoms with Crippen LogP contribution in [0.3, 0.4) is 0 Å². The molecule has 2 aliphatic rings. The Morgan fingerprint density at radius 2 is 2.27 bits per heavy atom. The molecule has 2 amide bonds. The van der Waals surface area contributed by atoms with Gasteiger partial charge in [-0.25, -0.2) is 0 Å². The number of nitrogens with two attached hydrogens (primary N) is 1. The molecule has 2 saturated heterocycles. The summed E-state index contributed by atoms with van der Waals surface area (Å²) in [6, 6.07) is 1.70. The minimum Gasteiger partial charge on any atom is -0.378 e. The number of carbonyl (C=O) groups is 2. The number of amides is 2. The van der Waals surface area contributed by atoms with Crippen molar-refractivity contribution < 1.29 is 14.3 Å². The molecule has 120 valence electrons. The quantitative estimate of drug-likeness (QED) is 0.858. The van der Waals surface area contributed by atoms with E-state index in [1.807, 2.05) is 4.90 Å². The van der Waals surface area contributed by atoms with Crippen LogP contribution < -0.4 is 5.73 Å². The minimum atomic E-state index is -0.537. The lowest BCUT2D eigenvalue weighted by Crippen LogP contribution is -2.40. The predicted octanol–water partition coefficient (Wildman–Crippen LogP) is 0.784. The molecule has 0 bridgehead atoms. The molecule has 0 spiro atoms. The Bertz CT molecular complexity index is 551. The van der Waals surface area contributed by atoms with Crippen LogP contribution in [0.2, 0.25) is 0 Å². The summed E-state index contributed by atoms with van der Waals surface area (Å²) in [6.07, 6.45) is 4.51. The number of piperidine rings is 1. The van der Waals surface area contributed by atoms with Crippen molar-refractivity contribution in [1.29, 1.82) is 0 Å². The fourth-order valence-electron chi connectivity index (χ4n) is 3.26. The van der Waals surface area contributed by atoms with Crippen molar-refractivity contribution in [3.8, 4) is 0 Å². The number of hydrogen-bond donors (Lipinski definition) is 2. The van der Waals surface area contributed by atoms with Crippen molar-refractivity contribution in [3.05, 3.63) is 17.5 Å². The second kappa shape index (κ2) is 6.48. The molecular weight excluding hydrogens is 284 g/mol. The van der Waals surface area contributed by atoms with E-state index in [2.05, 4.69) is 10.2 Å². The fraction of sp³-hybridized carbons (Fsp3) is 0.667. The standard InChI is InChI=1S/C15H22N4O3/c16-15(21)13-8-12(17-18-13)10-3-1-5-19(9-10)14(20)7-11-4-2-6-22-11/h8,10-11H,1-7,9H2,(H2,16,21)(H,17,18)/t10-,11-/m0/s1. The summed E-state index contributed by atoms with van der Waals surface area (Å²) in [6.45, 7) is 2.22. The molecule has 0 radical (unpaired) electrons. The van der Waals surface area contributed by atoms with E-state index < -0.39 is 5.91 Å².